The normalized spacial score (nSPS) is 15.8. The lowest BCUT2D eigenvalue weighted by atomic mass is 10.2. The number of pyridine rings is 1. The van der Waals surface area contributed by atoms with E-state index >= 15 is 0 Å². The van der Waals surface area contributed by atoms with E-state index < -0.39 is 0 Å². The quantitative estimate of drug-likeness (QED) is 0.772. The number of nitrogens with zero attached hydrogens (tertiary/aromatic N) is 1. The van der Waals surface area contributed by atoms with Crippen molar-refractivity contribution in [3.63, 3.8) is 0 Å². The number of ether oxygens (including phenoxy) is 1. The summed E-state index contributed by atoms with van der Waals surface area (Å²) in [5.74, 6) is 1.10. The lowest BCUT2D eigenvalue weighted by Gasteiger charge is -2.05. The third kappa shape index (κ3) is 1.74. The molecular formula is C10H13NO2. The fraction of sp³-hybridized carbons (Fsp3) is 0.500. The maximum atomic E-state index is 9.38. The average molecular weight is 179 g/mol. The maximum absolute atomic E-state index is 9.38. The van der Waals surface area contributed by atoms with Gasteiger partial charge in [0.1, 0.15) is 0 Å². The molecule has 1 saturated carbocycles. The lowest BCUT2D eigenvalue weighted by Crippen LogP contribution is -1.96. The van der Waals surface area contributed by atoms with Gasteiger partial charge in [0.15, 0.2) is 5.75 Å². The first-order valence-electron chi connectivity index (χ1n) is 4.64. The van der Waals surface area contributed by atoms with E-state index in [1.807, 2.05) is 13.0 Å². The van der Waals surface area contributed by atoms with E-state index in [1.165, 1.54) is 12.8 Å². The van der Waals surface area contributed by atoms with Gasteiger partial charge in [0.05, 0.1) is 6.61 Å². The summed E-state index contributed by atoms with van der Waals surface area (Å²) in [4.78, 5) is 4.25. The fourth-order valence-corrected chi connectivity index (χ4v) is 1.30. The van der Waals surface area contributed by atoms with Gasteiger partial charge in [-0.1, -0.05) is 0 Å². The molecule has 3 heteroatoms. The third-order valence-corrected chi connectivity index (χ3v) is 2.14. The van der Waals surface area contributed by atoms with E-state index in [4.69, 9.17) is 4.74 Å². The average Bonchev–Trinajstić information content (AvgIpc) is 2.92. The van der Waals surface area contributed by atoms with Crippen LogP contribution in [0, 0.1) is 0 Å². The highest BCUT2D eigenvalue weighted by Crippen LogP contribution is 2.40. The Hall–Kier alpha value is -1.25. The highest BCUT2D eigenvalue weighted by molar-refractivity contribution is 5.35. The number of hydrogen-bond acceptors (Lipinski definition) is 3. The van der Waals surface area contributed by atoms with Gasteiger partial charge in [0.2, 0.25) is 0 Å². The zero-order valence-corrected chi connectivity index (χ0v) is 7.66. The second-order valence-electron chi connectivity index (χ2n) is 3.27. The molecule has 13 heavy (non-hydrogen) atoms. The van der Waals surface area contributed by atoms with Crippen molar-refractivity contribution < 1.29 is 9.84 Å². The van der Waals surface area contributed by atoms with Crippen molar-refractivity contribution in [2.45, 2.75) is 25.7 Å². The fourth-order valence-electron chi connectivity index (χ4n) is 1.30. The van der Waals surface area contributed by atoms with E-state index in [2.05, 4.69) is 4.98 Å². The van der Waals surface area contributed by atoms with Crippen LogP contribution in [0.4, 0.5) is 0 Å². The van der Waals surface area contributed by atoms with E-state index in [1.54, 1.807) is 6.07 Å². The van der Waals surface area contributed by atoms with Gasteiger partial charge >= 0.3 is 0 Å². The summed E-state index contributed by atoms with van der Waals surface area (Å²) in [5.41, 5.74) is 1.04. The van der Waals surface area contributed by atoms with Crippen LogP contribution in [0.1, 0.15) is 31.4 Å². The second-order valence-corrected chi connectivity index (χ2v) is 3.27. The van der Waals surface area contributed by atoms with Gasteiger partial charge in [0.25, 0.3) is 5.88 Å². The van der Waals surface area contributed by atoms with Crippen LogP contribution >= 0.6 is 0 Å². The first-order chi connectivity index (χ1) is 6.31. The monoisotopic (exact) mass is 179 g/mol. The maximum Gasteiger partial charge on any atom is 0.257 e. The van der Waals surface area contributed by atoms with Gasteiger partial charge < -0.3 is 9.84 Å². The SMILES string of the molecule is CCOc1nc(C2CC2)ccc1O. The molecule has 1 heterocycles. The molecule has 0 bridgehead atoms. The molecular weight excluding hydrogens is 166 g/mol. The molecule has 1 aromatic heterocycles. The van der Waals surface area contributed by atoms with Crippen LogP contribution in [-0.2, 0) is 0 Å². The highest BCUT2D eigenvalue weighted by atomic mass is 16.5. The third-order valence-electron chi connectivity index (χ3n) is 2.14. The molecule has 0 spiro atoms. The first-order valence-corrected chi connectivity index (χ1v) is 4.64. The topological polar surface area (TPSA) is 42.4 Å². The largest absolute Gasteiger partial charge is 0.503 e. The Morgan fingerprint density at radius 2 is 2.31 bits per heavy atom. The van der Waals surface area contributed by atoms with Crippen molar-refractivity contribution in [2.75, 3.05) is 6.61 Å². The van der Waals surface area contributed by atoms with Crippen LogP contribution < -0.4 is 4.74 Å². The lowest BCUT2D eigenvalue weighted by molar-refractivity contribution is 0.303. The van der Waals surface area contributed by atoms with Crippen molar-refractivity contribution in [3.8, 4) is 11.6 Å². The van der Waals surface area contributed by atoms with E-state index in [0.717, 1.165) is 5.69 Å². The Morgan fingerprint density at radius 3 is 2.92 bits per heavy atom. The Kier molecular flexibility index (Phi) is 2.08. The Bertz CT molecular complexity index is 308. The summed E-state index contributed by atoms with van der Waals surface area (Å²) in [7, 11) is 0. The predicted octanol–water partition coefficient (Wildman–Crippen LogP) is 2.06. The van der Waals surface area contributed by atoms with Crippen LogP contribution in [0.5, 0.6) is 11.6 Å². The molecule has 0 aliphatic heterocycles. The molecule has 0 saturated heterocycles. The summed E-state index contributed by atoms with van der Waals surface area (Å²) in [6.45, 7) is 2.42. The first kappa shape index (κ1) is 8.35. The van der Waals surface area contributed by atoms with Gasteiger partial charge in [-0.05, 0) is 31.9 Å². The van der Waals surface area contributed by atoms with E-state index in [9.17, 15) is 5.11 Å². The Labute approximate surface area is 77.4 Å². The van der Waals surface area contributed by atoms with Crippen LogP contribution in [0.2, 0.25) is 0 Å². The number of aromatic hydroxyl groups is 1. The molecule has 0 aromatic carbocycles. The van der Waals surface area contributed by atoms with Crippen LogP contribution in [0.25, 0.3) is 0 Å². The molecule has 2 rings (SSSR count). The van der Waals surface area contributed by atoms with Gasteiger partial charge in [0, 0.05) is 11.6 Å². The molecule has 0 atom stereocenters. The van der Waals surface area contributed by atoms with Crippen LogP contribution in [0.3, 0.4) is 0 Å². The molecule has 0 radical (unpaired) electrons. The van der Waals surface area contributed by atoms with Crippen molar-refractivity contribution in [3.05, 3.63) is 17.8 Å². The number of aromatic nitrogens is 1. The molecule has 70 valence electrons. The van der Waals surface area contributed by atoms with Gasteiger partial charge in [-0.15, -0.1) is 0 Å². The van der Waals surface area contributed by atoms with Gasteiger partial charge in [-0.2, -0.15) is 0 Å². The molecule has 3 nitrogen and oxygen atoms in total. The number of rotatable bonds is 3. The predicted molar refractivity (Wildman–Crippen MR) is 49.0 cm³/mol. The minimum Gasteiger partial charge on any atom is -0.503 e. The second kappa shape index (κ2) is 3.24. The van der Waals surface area contributed by atoms with Crippen molar-refractivity contribution in [1.29, 1.82) is 0 Å². The summed E-state index contributed by atoms with van der Waals surface area (Å²) < 4.78 is 5.19. The van der Waals surface area contributed by atoms with Crippen molar-refractivity contribution in [2.24, 2.45) is 0 Å². The minimum absolute atomic E-state index is 0.131. The molecule has 1 fully saturated rings. The molecule has 1 aromatic rings. The van der Waals surface area contributed by atoms with Gasteiger partial charge in [-0.25, -0.2) is 4.98 Å². The van der Waals surface area contributed by atoms with E-state index in [0.29, 0.717) is 18.4 Å². The van der Waals surface area contributed by atoms with E-state index in [-0.39, 0.29) is 5.75 Å². The molecule has 1 aliphatic rings. The summed E-state index contributed by atoms with van der Waals surface area (Å²) >= 11 is 0. The Balaban J connectivity index is 2.25. The summed E-state index contributed by atoms with van der Waals surface area (Å²) in [5, 5.41) is 9.38. The zero-order valence-electron chi connectivity index (χ0n) is 7.66. The number of hydrogen-bond donors (Lipinski definition) is 1. The molecule has 0 amide bonds. The molecule has 1 N–H and O–H groups in total. The minimum atomic E-state index is 0.131. The van der Waals surface area contributed by atoms with Crippen LogP contribution in [-0.4, -0.2) is 16.7 Å². The zero-order chi connectivity index (χ0) is 9.26. The smallest absolute Gasteiger partial charge is 0.257 e. The Morgan fingerprint density at radius 1 is 1.54 bits per heavy atom. The summed E-state index contributed by atoms with van der Waals surface area (Å²) in [6, 6.07) is 3.53. The van der Waals surface area contributed by atoms with Crippen molar-refractivity contribution >= 4 is 0 Å². The van der Waals surface area contributed by atoms with Crippen LogP contribution in [0.15, 0.2) is 12.1 Å². The highest BCUT2D eigenvalue weighted by Gasteiger charge is 2.25. The molecule has 0 unspecified atom stereocenters. The standard InChI is InChI=1S/C10H13NO2/c1-2-13-10-9(12)6-5-8(11-10)7-3-4-7/h5-7,12H,2-4H2,1H3. The van der Waals surface area contributed by atoms with Gasteiger partial charge in [-0.3, -0.25) is 0 Å². The summed E-state index contributed by atoms with van der Waals surface area (Å²) in [6.07, 6.45) is 2.42. The van der Waals surface area contributed by atoms with Crippen molar-refractivity contribution in [1.82, 2.24) is 4.98 Å². The molecule has 1 aliphatic carbocycles.